The monoisotopic (exact) mass is 377 g/mol. The maximum Gasteiger partial charge on any atom is 0.318 e. The van der Waals surface area contributed by atoms with E-state index in [1.54, 1.807) is 41.5 Å². The van der Waals surface area contributed by atoms with Crippen molar-refractivity contribution in [3.63, 3.8) is 0 Å². The number of nitrogens with zero attached hydrogens (tertiary/aromatic N) is 1. The first kappa shape index (κ1) is 22.3. The summed E-state index contributed by atoms with van der Waals surface area (Å²) in [5.41, 5.74) is -0.713. The van der Waals surface area contributed by atoms with Crippen molar-refractivity contribution in [1.82, 2.24) is 0 Å². The van der Waals surface area contributed by atoms with Crippen LogP contribution in [0.3, 0.4) is 0 Å². The molecule has 0 saturated carbocycles. The normalized spacial score (nSPS) is 12.0. The first-order valence-corrected chi connectivity index (χ1v) is 8.60. The van der Waals surface area contributed by atoms with Gasteiger partial charge in [-0.25, -0.2) is 4.90 Å². The average molecular weight is 377 g/mol. The summed E-state index contributed by atoms with van der Waals surface area (Å²) < 4.78 is 0. The van der Waals surface area contributed by atoms with Crippen molar-refractivity contribution in [3.05, 3.63) is 29.8 Å². The minimum atomic E-state index is -1.56. The van der Waals surface area contributed by atoms with Crippen LogP contribution in [0.25, 0.3) is 0 Å². The number of rotatable bonds is 5. The molecule has 0 unspecified atom stereocenters. The van der Waals surface area contributed by atoms with Gasteiger partial charge in [-0.1, -0.05) is 53.7 Å². The zero-order valence-corrected chi connectivity index (χ0v) is 16.6. The molecule has 0 heterocycles. The van der Waals surface area contributed by atoms with Gasteiger partial charge in [0, 0.05) is 10.8 Å². The molecule has 0 aliphatic carbocycles. The van der Waals surface area contributed by atoms with E-state index < -0.39 is 28.7 Å². The second kappa shape index (κ2) is 7.90. The molecule has 0 fully saturated rings. The van der Waals surface area contributed by atoms with Gasteiger partial charge in [-0.2, -0.15) is 0 Å². The van der Waals surface area contributed by atoms with Crippen LogP contribution >= 0.6 is 0 Å². The van der Waals surface area contributed by atoms with E-state index in [2.05, 4.69) is 0 Å². The van der Waals surface area contributed by atoms with Crippen LogP contribution in [0.2, 0.25) is 0 Å². The van der Waals surface area contributed by atoms with Crippen LogP contribution in [-0.4, -0.2) is 34.0 Å². The van der Waals surface area contributed by atoms with Gasteiger partial charge in [-0.3, -0.25) is 19.2 Å². The summed E-state index contributed by atoms with van der Waals surface area (Å²) in [5.74, 6) is -5.11. The lowest BCUT2D eigenvalue weighted by atomic mass is 9.90. The Morgan fingerprint density at radius 1 is 0.815 bits per heavy atom. The van der Waals surface area contributed by atoms with E-state index in [0.29, 0.717) is 11.3 Å². The number of carboxylic acid groups (broad SMARTS) is 2. The summed E-state index contributed by atoms with van der Waals surface area (Å²) in [6.07, 6.45) is -0.189. The van der Waals surface area contributed by atoms with Gasteiger partial charge in [-0.15, -0.1) is 0 Å². The highest BCUT2D eigenvalue weighted by Crippen LogP contribution is 2.29. The van der Waals surface area contributed by atoms with Gasteiger partial charge in [0.2, 0.25) is 11.8 Å². The fourth-order valence-electron chi connectivity index (χ4n) is 2.29. The molecule has 1 rings (SSSR count). The summed E-state index contributed by atoms with van der Waals surface area (Å²) >= 11 is 0. The van der Waals surface area contributed by atoms with Crippen molar-refractivity contribution in [2.24, 2.45) is 16.7 Å². The topological polar surface area (TPSA) is 112 Å². The molecular formula is C20H27NO6. The highest BCUT2D eigenvalue weighted by molar-refractivity contribution is 6.17. The van der Waals surface area contributed by atoms with Crippen LogP contribution < -0.4 is 4.90 Å². The molecule has 0 aromatic heterocycles. The van der Waals surface area contributed by atoms with Crippen LogP contribution in [0.1, 0.15) is 47.1 Å². The molecule has 0 bridgehead atoms. The van der Waals surface area contributed by atoms with E-state index in [9.17, 15) is 19.2 Å². The van der Waals surface area contributed by atoms with Crippen LogP contribution in [0.4, 0.5) is 5.69 Å². The van der Waals surface area contributed by atoms with E-state index in [1.807, 2.05) is 0 Å². The third-order valence-corrected chi connectivity index (χ3v) is 3.92. The smallest absolute Gasteiger partial charge is 0.318 e. The van der Waals surface area contributed by atoms with Crippen molar-refractivity contribution in [2.75, 3.05) is 4.90 Å². The lowest BCUT2D eigenvalue weighted by Crippen LogP contribution is -2.48. The number of hydrogen-bond acceptors (Lipinski definition) is 4. The largest absolute Gasteiger partial charge is 0.481 e. The molecule has 148 valence electrons. The Labute approximate surface area is 159 Å². The minimum Gasteiger partial charge on any atom is -0.481 e. The Bertz CT molecular complexity index is 697. The molecule has 0 saturated heterocycles. The fraction of sp³-hybridized carbons (Fsp3) is 0.500. The first-order chi connectivity index (χ1) is 12.2. The maximum atomic E-state index is 12.8. The summed E-state index contributed by atoms with van der Waals surface area (Å²) in [7, 11) is 0. The third kappa shape index (κ3) is 5.64. The zero-order valence-electron chi connectivity index (χ0n) is 16.6. The Balaban J connectivity index is 3.26. The van der Waals surface area contributed by atoms with Gasteiger partial charge in [0.15, 0.2) is 5.92 Å². The van der Waals surface area contributed by atoms with E-state index in [4.69, 9.17) is 10.2 Å². The van der Waals surface area contributed by atoms with E-state index in [-0.39, 0.29) is 18.2 Å². The number of amides is 2. The lowest BCUT2D eigenvalue weighted by molar-refractivity contribution is -0.154. The average Bonchev–Trinajstić information content (AvgIpc) is 2.51. The number of carboxylic acids is 2. The molecule has 7 nitrogen and oxygen atoms in total. The molecule has 7 heteroatoms. The zero-order chi connectivity index (χ0) is 21.2. The summed E-state index contributed by atoms with van der Waals surface area (Å²) in [4.78, 5) is 48.9. The Morgan fingerprint density at radius 3 is 1.48 bits per heavy atom. The molecule has 1 aromatic carbocycles. The summed E-state index contributed by atoms with van der Waals surface area (Å²) in [6.45, 7) is 10.3. The third-order valence-electron chi connectivity index (χ3n) is 3.92. The van der Waals surface area contributed by atoms with Crippen molar-refractivity contribution in [2.45, 2.75) is 48.0 Å². The van der Waals surface area contributed by atoms with E-state index in [1.165, 1.54) is 24.3 Å². The molecule has 27 heavy (non-hydrogen) atoms. The van der Waals surface area contributed by atoms with Gasteiger partial charge >= 0.3 is 11.9 Å². The Hall–Kier alpha value is -2.70. The van der Waals surface area contributed by atoms with E-state index >= 15 is 0 Å². The molecular weight excluding hydrogens is 350 g/mol. The number of benzene rings is 1. The van der Waals surface area contributed by atoms with Crippen molar-refractivity contribution < 1.29 is 29.4 Å². The van der Waals surface area contributed by atoms with Gasteiger partial charge in [0.1, 0.15) is 0 Å². The molecule has 0 radical (unpaired) electrons. The highest BCUT2D eigenvalue weighted by Gasteiger charge is 2.37. The van der Waals surface area contributed by atoms with Crippen LogP contribution in [0, 0.1) is 16.7 Å². The maximum absolute atomic E-state index is 12.8. The lowest BCUT2D eigenvalue weighted by Gasteiger charge is -2.32. The predicted molar refractivity (Wildman–Crippen MR) is 100 cm³/mol. The number of anilines is 1. The van der Waals surface area contributed by atoms with Crippen molar-refractivity contribution in [3.8, 4) is 0 Å². The molecule has 1 aromatic rings. The Morgan fingerprint density at radius 2 is 1.19 bits per heavy atom. The predicted octanol–water partition coefficient (Wildman–Crippen LogP) is 2.97. The number of imide groups is 1. The summed E-state index contributed by atoms with van der Waals surface area (Å²) in [6, 6.07) is 6.13. The van der Waals surface area contributed by atoms with Crippen LogP contribution in [0.5, 0.6) is 0 Å². The van der Waals surface area contributed by atoms with E-state index in [0.717, 1.165) is 4.90 Å². The molecule has 0 aliphatic rings. The quantitative estimate of drug-likeness (QED) is 0.763. The molecule has 2 amide bonds. The summed E-state index contributed by atoms with van der Waals surface area (Å²) in [5, 5.41) is 18.0. The molecule has 2 N–H and O–H groups in total. The van der Waals surface area contributed by atoms with Crippen molar-refractivity contribution in [1.29, 1.82) is 0 Å². The van der Waals surface area contributed by atoms with Crippen molar-refractivity contribution >= 4 is 29.4 Å². The van der Waals surface area contributed by atoms with Gasteiger partial charge < -0.3 is 10.2 Å². The fourth-order valence-corrected chi connectivity index (χ4v) is 2.29. The van der Waals surface area contributed by atoms with Crippen LogP contribution in [-0.2, 0) is 25.6 Å². The number of aliphatic carboxylic acids is 2. The number of hydrogen-bond donors (Lipinski definition) is 2. The van der Waals surface area contributed by atoms with Gasteiger partial charge in [0.05, 0.1) is 5.69 Å². The van der Waals surface area contributed by atoms with Gasteiger partial charge in [0.25, 0.3) is 0 Å². The molecule has 0 spiro atoms. The standard InChI is InChI=1S/C20H27NO6/c1-19(2,3)17(26)21(18(27)20(4,5)6)13-9-7-12(8-10-13)11-14(15(22)23)16(24)25/h7-10,14H,11H2,1-6H3,(H,22,23)(H,24,25). The molecule has 0 atom stereocenters. The first-order valence-electron chi connectivity index (χ1n) is 8.60. The van der Waals surface area contributed by atoms with Gasteiger partial charge in [-0.05, 0) is 24.1 Å². The highest BCUT2D eigenvalue weighted by atomic mass is 16.4. The second-order valence-corrected chi connectivity index (χ2v) is 8.55. The Kier molecular flexibility index (Phi) is 6.54. The number of carbonyl (C=O) groups is 4. The molecule has 0 aliphatic heterocycles. The SMILES string of the molecule is CC(C)(C)C(=O)N(C(=O)C(C)(C)C)c1ccc(CC(C(=O)O)C(=O)O)cc1. The second-order valence-electron chi connectivity index (χ2n) is 8.55. The number of carbonyl (C=O) groups excluding carboxylic acids is 2. The minimum absolute atomic E-state index is 0.189. The van der Waals surface area contributed by atoms with Crippen LogP contribution in [0.15, 0.2) is 24.3 Å².